The van der Waals surface area contributed by atoms with Crippen molar-refractivity contribution in [1.82, 2.24) is 0 Å². The van der Waals surface area contributed by atoms with Crippen molar-refractivity contribution in [3.8, 4) is 11.5 Å². The molecule has 0 saturated heterocycles. The van der Waals surface area contributed by atoms with E-state index in [1.165, 1.54) is 32.6 Å². The summed E-state index contributed by atoms with van der Waals surface area (Å²) in [6, 6.07) is 6.63. The van der Waals surface area contributed by atoms with Gasteiger partial charge in [0.2, 0.25) is 0 Å². The smallest absolute Gasteiger partial charge is 0.314 e. The normalized spacial score (nSPS) is 29.0. The van der Waals surface area contributed by atoms with Crippen LogP contribution in [0.1, 0.15) is 65.2 Å². The lowest BCUT2D eigenvalue weighted by Crippen LogP contribution is -2.29. The Morgan fingerprint density at radius 1 is 0.769 bits per heavy atom. The maximum absolute atomic E-state index is 12.4. The maximum Gasteiger partial charge on any atom is 0.314 e. The topological polar surface area (TPSA) is 52.6 Å². The van der Waals surface area contributed by atoms with Gasteiger partial charge in [-0.25, -0.2) is 0 Å². The quantitative estimate of drug-likeness (QED) is 0.552. The third-order valence-electron chi connectivity index (χ3n) is 6.14. The summed E-state index contributed by atoms with van der Waals surface area (Å²) in [6.07, 6.45) is 9.69. The van der Waals surface area contributed by atoms with Gasteiger partial charge in [0.1, 0.15) is 11.5 Å². The fraction of sp³-hybridized carbons (Fsp3) is 0.636. The first-order valence-electron chi connectivity index (χ1n) is 10.0. The van der Waals surface area contributed by atoms with Crippen molar-refractivity contribution in [1.29, 1.82) is 0 Å². The highest BCUT2D eigenvalue weighted by Gasteiger charge is 2.33. The van der Waals surface area contributed by atoms with Gasteiger partial charge in [0.05, 0.1) is 5.92 Å². The SMILES string of the molecule is CC(=O)Oc1ccc(OC(=O)C2CCC(C3CCC(C)CC3)CC2)cc1. The van der Waals surface area contributed by atoms with Crippen molar-refractivity contribution in [2.24, 2.45) is 23.7 Å². The molecule has 0 atom stereocenters. The Morgan fingerprint density at radius 3 is 1.73 bits per heavy atom. The molecule has 0 aromatic heterocycles. The van der Waals surface area contributed by atoms with Crippen molar-refractivity contribution in [3.05, 3.63) is 24.3 Å². The van der Waals surface area contributed by atoms with Crippen LogP contribution >= 0.6 is 0 Å². The molecule has 26 heavy (non-hydrogen) atoms. The van der Waals surface area contributed by atoms with Gasteiger partial charge in [-0.3, -0.25) is 9.59 Å². The second kappa shape index (κ2) is 8.70. The lowest BCUT2D eigenvalue weighted by molar-refractivity contribution is -0.140. The van der Waals surface area contributed by atoms with Gasteiger partial charge in [0, 0.05) is 6.92 Å². The van der Waals surface area contributed by atoms with E-state index < -0.39 is 0 Å². The molecule has 0 unspecified atom stereocenters. The van der Waals surface area contributed by atoms with Gasteiger partial charge in [-0.1, -0.05) is 19.8 Å². The first-order valence-corrected chi connectivity index (χ1v) is 10.0. The molecule has 0 aliphatic heterocycles. The van der Waals surface area contributed by atoms with E-state index in [1.54, 1.807) is 24.3 Å². The Morgan fingerprint density at radius 2 is 1.23 bits per heavy atom. The summed E-state index contributed by atoms with van der Waals surface area (Å²) in [7, 11) is 0. The largest absolute Gasteiger partial charge is 0.427 e. The van der Waals surface area contributed by atoms with Gasteiger partial charge in [0.15, 0.2) is 0 Å². The lowest BCUT2D eigenvalue weighted by Gasteiger charge is -2.36. The Labute approximate surface area is 156 Å². The molecule has 4 heteroatoms. The molecule has 2 saturated carbocycles. The number of carbonyl (C=O) groups is 2. The minimum absolute atomic E-state index is 0.0157. The average molecular weight is 358 g/mol. The van der Waals surface area contributed by atoms with Gasteiger partial charge >= 0.3 is 11.9 Å². The number of hydrogen-bond donors (Lipinski definition) is 0. The average Bonchev–Trinajstić information content (AvgIpc) is 2.64. The molecule has 1 aromatic carbocycles. The third kappa shape index (κ3) is 5.09. The molecule has 0 spiro atoms. The van der Waals surface area contributed by atoms with Crippen LogP contribution in [-0.2, 0) is 9.59 Å². The molecule has 0 N–H and O–H groups in total. The fourth-order valence-corrected chi connectivity index (χ4v) is 4.52. The molecule has 2 aliphatic rings. The van der Waals surface area contributed by atoms with Gasteiger partial charge in [-0.05, 0) is 80.5 Å². The molecule has 1 aromatic rings. The van der Waals surface area contributed by atoms with Crippen molar-refractivity contribution >= 4 is 11.9 Å². The van der Waals surface area contributed by atoms with E-state index in [0.717, 1.165) is 43.4 Å². The zero-order valence-electron chi connectivity index (χ0n) is 15.9. The zero-order chi connectivity index (χ0) is 18.5. The molecule has 0 heterocycles. The summed E-state index contributed by atoms with van der Waals surface area (Å²) in [5, 5.41) is 0. The Balaban J connectivity index is 1.45. The predicted octanol–water partition coefficient (Wildman–Crippen LogP) is 5.15. The highest BCUT2D eigenvalue weighted by Crippen LogP contribution is 2.41. The highest BCUT2D eigenvalue weighted by molar-refractivity contribution is 5.75. The van der Waals surface area contributed by atoms with Crippen LogP contribution in [0.2, 0.25) is 0 Å². The zero-order valence-corrected chi connectivity index (χ0v) is 15.9. The number of esters is 2. The molecule has 0 radical (unpaired) electrons. The van der Waals surface area contributed by atoms with Crippen LogP contribution in [0.15, 0.2) is 24.3 Å². The van der Waals surface area contributed by atoms with E-state index in [9.17, 15) is 9.59 Å². The second-order valence-electron chi connectivity index (χ2n) is 8.12. The Bertz CT molecular complexity index is 606. The minimum Gasteiger partial charge on any atom is -0.427 e. The van der Waals surface area contributed by atoms with Crippen LogP contribution in [0.5, 0.6) is 11.5 Å². The molecule has 0 bridgehead atoms. The molecular formula is C22H30O4. The minimum atomic E-state index is -0.362. The number of hydrogen-bond acceptors (Lipinski definition) is 4. The Hall–Kier alpha value is -1.84. The van der Waals surface area contributed by atoms with Gasteiger partial charge < -0.3 is 9.47 Å². The van der Waals surface area contributed by atoms with Gasteiger partial charge in [-0.2, -0.15) is 0 Å². The highest BCUT2D eigenvalue weighted by atomic mass is 16.5. The van der Waals surface area contributed by atoms with Crippen LogP contribution in [0.3, 0.4) is 0 Å². The van der Waals surface area contributed by atoms with Crippen molar-refractivity contribution in [2.45, 2.75) is 65.2 Å². The number of rotatable bonds is 4. The molecule has 4 nitrogen and oxygen atoms in total. The molecular weight excluding hydrogens is 328 g/mol. The molecule has 2 aliphatic carbocycles. The predicted molar refractivity (Wildman–Crippen MR) is 100.0 cm³/mol. The van der Waals surface area contributed by atoms with Crippen LogP contribution < -0.4 is 9.47 Å². The van der Waals surface area contributed by atoms with E-state index in [4.69, 9.17) is 9.47 Å². The van der Waals surface area contributed by atoms with E-state index in [0.29, 0.717) is 11.5 Å². The second-order valence-corrected chi connectivity index (χ2v) is 8.12. The van der Waals surface area contributed by atoms with Crippen LogP contribution in [-0.4, -0.2) is 11.9 Å². The summed E-state index contributed by atoms with van der Waals surface area (Å²) >= 11 is 0. The molecule has 3 rings (SSSR count). The van der Waals surface area contributed by atoms with E-state index >= 15 is 0 Å². The molecule has 142 valence electrons. The summed E-state index contributed by atoms with van der Waals surface area (Å²) < 4.78 is 10.5. The standard InChI is InChI=1S/C22H30O4/c1-15-3-5-17(6-4-15)18-7-9-19(10-8-18)22(24)26-21-13-11-20(12-14-21)25-16(2)23/h11-15,17-19H,3-10H2,1-2H3. The van der Waals surface area contributed by atoms with Crippen molar-refractivity contribution < 1.29 is 19.1 Å². The number of carbonyl (C=O) groups excluding carboxylic acids is 2. The first-order chi connectivity index (χ1) is 12.5. The number of benzene rings is 1. The maximum atomic E-state index is 12.4. The summed E-state index contributed by atoms with van der Waals surface area (Å²) in [6.45, 7) is 3.72. The van der Waals surface area contributed by atoms with Gasteiger partial charge in [-0.15, -0.1) is 0 Å². The van der Waals surface area contributed by atoms with E-state index in [2.05, 4.69) is 6.92 Å². The first kappa shape index (κ1) is 18.9. The van der Waals surface area contributed by atoms with Crippen LogP contribution in [0.4, 0.5) is 0 Å². The number of ether oxygens (including phenoxy) is 2. The van der Waals surface area contributed by atoms with Gasteiger partial charge in [0.25, 0.3) is 0 Å². The van der Waals surface area contributed by atoms with Crippen LogP contribution in [0.25, 0.3) is 0 Å². The molecule has 2 fully saturated rings. The monoisotopic (exact) mass is 358 g/mol. The summed E-state index contributed by atoms with van der Waals surface area (Å²) in [5.74, 6) is 3.06. The molecule has 0 amide bonds. The fourth-order valence-electron chi connectivity index (χ4n) is 4.52. The van der Waals surface area contributed by atoms with Crippen molar-refractivity contribution in [2.75, 3.05) is 0 Å². The van der Waals surface area contributed by atoms with E-state index in [-0.39, 0.29) is 17.9 Å². The summed E-state index contributed by atoms with van der Waals surface area (Å²) in [4.78, 5) is 23.4. The summed E-state index contributed by atoms with van der Waals surface area (Å²) in [5.41, 5.74) is 0. The third-order valence-corrected chi connectivity index (χ3v) is 6.14. The van der Waals surface area contributed by atoms with E-state index in [1.807, 2.05) is 0 Å². The van der Waals surface area contributed by atoms with Crippen molar-refractivity contribution in [3.63, 3.8) is 0 Å². The Kier molecular flexibility index (Phi) is 6.33. The lowest BCUT2D eigenvalue weighted by atomic mass is 9.69. The van der Waals surface area contributed by atoms with Crippen LogP contribution in [0, 0.1) is 23.7 Å².